The molecular weight excluding hydrogens is 446 g/mol. The highest BCUT2D eigenvalue weighted by Gasteiger charge is 2.24. The van der Waals surface area contributed by atoms with E-state index in [4.69, 9.17) is 4.42 Å². The highest BCUT2D eigenvalue weighted by Crippen LogP contribution is 2.28. The van der Waals surface area contributed by atoms with E-state index in [9.17, 15) is 9.59 Å². The smallest absolute Gasteiger partial charge is 0.253 e. The Bertz CT molecular complexity index is 1050. The monoisotopic (exact) mass is 471 g/mol. The highest BCUT2D eigenvalue weighted by molar-refractivity contribution is 8.01. The van der Waals surface area contributed by atoms with Crippen LogP contribution in [0, 0.1) is 13.8 Å². The molecule has 0 saturated carbocycles. The quantitative estimate of drug-likeness (QED) is 0.530. The molecule has 10 heteroatoms. The Labute approximate surface area is 195 Å². The highest BCUT2D eigenvalue weighted by atomic mass is 32.2. The predicted octanol–water partition coefficient (Wildman–Crippen LogP) is 3.12. The van der Waals surface area contributed by atoms with Crippen LogP contribution < -0.4 is 10.2 Å². The van der Waals surface area contributed by atoms with Crippen molar-refractivity contribution in [2.75, 3.05) is 36.8 Å². The number of nitrogens with one attached hydrogen (secondary N) is 1. The Morgan fingerprint density at radius 1 is 1.12 bits per heavy atom. The number of piperazine rings is 1. The van der Waals surface area contributed by atoms with Crippen molar-refractivity contribution in [1.29, 1.82) is 0 Å². The number of carbonyl (C=O) groups excluding carboxylic acids is 2. The van der Waals surface area contributed by atoms with Crippen LogP contribution in [0.1, 0.15) is 27.2 Å². The summed E-state index contributed by atoms with van der Waals surface area (Å²) in [5.41, 5.74) is 2.94. The van der Waals surface area contributed by atoms with Crippen molar-refractivity contribution in [3.8, 4) is 0 Å². The molecule has 4 rings (SSSR count). The molecule has 0 bridgehead atoms. The van der Waals surface area contributed by atoms with Crippen LogP contribution in [0.2, 0.25) is 0 Å². The molecule has 1 aliphatic rings. The number of hydrogen-bond acceptors (Lipinski definition) is 8. The number of thioether (sulfide) groups is 1. The molecule has 1 aliphatic heterocycles. The fourth-order valence-electron chi connectivity index (χ4n) is 3.55. The van der Waals surface area contributed by atoms with Crippen molar-refractivity contribution in [2.24, 2.45) is 0 Å². The Hall–Kier alpha value is -2.85. The summed E-state index contributed by atoms with van der Waals surface area (Å²) in [7, 11) is 0. The van der Waals surface area contributed by atoms with Gasteiger partial charge in [0.05, 0.1) is 18.6 Å². The third kappa shape index (κ3) is 5.68. The van der Waals surface area contributed by atoms with E-state index in [1.165, 1.54) is 23.1 Å². The lowest BCUT2D eigenvalue weighted by Gasteiger charge is -2.34. The maximum absolute atomic E-state index is 12.9. The van der Waals surface area contributed by atoms with Crippen molar-refractivity contribution in [3.63, 3.8) is 0 Å². The van der Waals surface area contributed by atoms with Crippen LogP contribution in [0.3, 0.4) is 0 Å². The van der Waals surface area contributed by atoms with Gasteiger partial charge in [-0.05, 0) is 38.1 Å². The maximum atomic E-state index is 12.9. The number of furan rings is 1. The maximum Gasteiger partial charge on any atom is 0.253 e. The number of amides is 2. The summed E-state index contributed by atoms with van der Waals surface area (Å²) in [6.07, 6.45) is 1.58. The van der Waals surface area contributed by atoms with Gasteiger partial charge >= 0.3 is 0 Å². The summed E-state index contributed by atoms with van der Waals surface area (Å²) in [5.74, 6) is 0.983. The largest absolute Gasteiger partial charge is 0.467 e. The molecule has 32 heavy (non-hydrogen) atoms. The van der Waals surface area contributed by atoms with Crippen LogP contribution >= 0.6 is 23.1 Å². The van der Waals surface area contributed by atoms with Crippen LogP contribution in [0.25, 0.3) is 0 Å². The number of hydrogen-bond donors (Lipinski definition) is 1. The zero-order chi connectivity index (χ0) is 22.5. The molecule has 2 amide bonds. The number of aromatic nitrogens is 2. The van der Waals surface area contributed by atoms with E-state index >= 15 is 0 Å². The molecule has 1 aromatic carbocycles. The van der Waals surface area contributed by atoms with Gasteiger partial charge in [0.25, 0.3) is 5.91 Å². The SMILES string of the molecule is Cc1cc(C)cc(C(=O)N2CCN(c3nnc(SCC(=O)NCc4ccco4)s3)CC2)c1. The summed E-state index contributed by atoms with van der Waals surface area (Å²) in [4.78, 5) is 28.9. The zero-order valence-electron chi connectivity index (χ0n) is 18.0. The van der Waals surface area contributed by atoms with Gasteiger partial charge < -0.3 is 19.5 Å². The molecule has 1 fully saturated rings. The molecule has 2 aromatic heterocycles. The van der Waals surface area contributed by atoms with Crippen molar-refractivity contribution >= 4 is 40.0 Å². The van der Waals surface area contributed by atoms with Crippen LogP contribution in [-0.2, 0) is 11.3 Å². The van der Waals surface area contributed by atoms with Crippen molar-refractivity contribution in [1.82, 2.24) is 20.4 Å². The summed E-state index contributed by atoms with van der Waals surface area (Å²) in [6, 6.07) is 9.57. The number of benzene rings is 1. The first kappa shape index (κ1) is 22.3. The second-order valence-electron chi connectivity index (χ2n) is 7.65. The van der Waals surface area contributed by atoms with Gasteiger partial charge in [0.1, 0.15) is 5.76 Å². The molecule has 0 radical (unpaired) electrons. The predicted molar refractivity (Wildman–Crippen MR) is 125 cm³/mol. The van der Waals surface area contributed by atoms with Crippen molar-refractivity contribution in [3.05, 3.63) is 59.0 Å². The summed E-state index contributed by atoms with van der Waals surface area (Å²) < 4.78 is 5.95. The van der Waals surface area contributed by atoms with E-state index < -0.39 is 0 Å². The third-order valence-electron chi connectivity index (χ3n) is 5.07. The average Bonchev–Trinajstić information content (AvgIpc) is 3.47. The third-order valence-corrected chi connectivity index (χ3v) is 7.19. The van der Waals surface area contributed by atoms with E-state index in [2.05, 4.69) is 26.5 Å². The molecule has 0 unspecified atom stereocenters. The second-order valence-corrected chi connectivity index (χ2v) is 9.83. The first-order valence-electron chi connectivity index (χ1n) is 10.4. The summed E-state index contributed by atoms with van der Waals surface area (Å²) in [5, 5.41) is 12.1. The Kier molecular flexibility index (Phi) is 7.11. The lowest BCUT2D eigenvalue weighted by molar-refractivity contribution is -0.118. The first-order chi connectivity index (χ1) is 15.5. The second kappa shape index (κ2) is 10.2. The summed E-state index contributed by atoms with van der Waals surface area (Å²) >= 11 is 2.84. The average molecular weight is 472 g/mol. The number of rotatable bonds is 7. The van der Waals surface area contributed by atoms with E-state index in [1.807, 2.05) is 36.9 Å². The first-order valence-corrected chi connectivity index (χ1v) is 12.2. The number of carbonyl (C=O) groups is 2. The number of anilines is 1. The Balaban J connectivity index is 1.24. The van der Waals surface area contributed by atoms with Gasteiger partial charge in [-0.25, -0.2) is 0 Å². The van der Waals surface area contributed by atoms with E-state index in [0.717, 1.165) is 31.9 Å². The topological polar surface area (TPSA) is 91.6 Å². The molecule has 1 saturated heterocycles. The van der Waals surface area contributed by atoms with E-state index in [1.54, 1.807) is 12.3 Å². The molecule has 168 valence electrons. The molecule has 8 nitrogen and oxygen atoms in total. The normalized spacial score (nSPS) is 13.9. The standard InChI is InChI=1S/C22H25N5O3S2/c1-15-10-16(2)12-17(11-15)20(29)26-5-7-27(8-6-26)21-24-25-22(32-21)31-14-19(28)23-13-18-4-3-9-30-18/h3-4,9-12H,5-8,13-14H2,1-2H3,(H,23,28). The number of nitrogens with zero attached hydrogens (tertiary/aromatic N) is 4. The van der Waals surface area contributed by atoms with Gasteiger partial charge in [0.2, 0.25) is 11.0 Å². The van der Waals surface area contributed by atoms with Crippen molar-refractivity contribution in [2.45, 2.75) is 24.7 Å². The van der Waals surface area contributed by atoms with Gasteiger partial charge in [0.15, 0.2) is 4.34 Å². The lowest BCUT2D eigenvalue weighted by Crippen LogP contribution is -2.48. The molecule has 0 atom stereocenters. The molecular formula is C22H25N5O3S2. The Morgan fingerprint density at radius 3 is 2.56 bits per heavy atom. The van der Waals surface area contributed by atoms with E-state index in [0.29, 0.717) is 32.7 Å². The van der Waals surface area contributed by atoms with Crippen LogP contribution in [0.4, 0.5) is 5.13 Å². The fourth-order valence-corrected chi connectivity index (χ4v) is 5.27. The van der Waals surface area contributed by atoms with Gasteiger partial charge in [-0.15, -0.1) is 10.2 Å². The zero-order valence-corrected chi connectivity index (χ0v) is 19.7. The minimum absolute atomic E-state index is 0.0746. The van der Waals surface area contributed by atoms with E-state index in [-0.39, 0.29) is 17.6 Å². The molecule has 3 aromatic rings. The Morgan fingerprint density at radius 2 is 1.88 bits per heavy atom. The fraction of sp³-hybridized carbons (Fsp3) is 0.364. The van der Waals surface area contributed by atoms with Gasteiger partial charge in [0, 0.05) is 31.7 Å². The van der Waals surface area contributed by atoms with Gasteiger partial charge in [-0.2, -0.15) is 0 Å². The molecule has 0 aliphatic carbocycles. The van der Waals surface area contributed by atoms with Crippen LogP contribution in [-0.4, -0.2) is 58.8 Å². The summed E-state index contributed by atoms with van der Waals surface area (Å²) in [6.45, 7) is 7.09. The number of aryl methyl sites for hydroxylation is 2. The molecule has 1 N–H and O–H groups in total. The van der Waals surface area contributed by atoms with Gasteiger partial charge in [-0.1, -0.05) is 40.3 Å². The molecule has 3 heterocycles. The minimum atomic E-state index is -0.0818. The lowest BCUT2D eigenvalue weighted by atomic mass is 10.1. The minimum Gasteiger partial charge on any atom is -0.467 e. The van der Waals surface area contributed by atoms with Crippen LogP contribution in [0.15, 0.2) is 45.4 Å². The van der Waals surface area contributed by atoms with Crippen LogP contribution in [0.5, 0.6) is 0 Å². The molecule has 0 spiro atoms. The van der Waals surface area contributed by atoms with Crippen molar-refractivity contribution < 1.29 is 14.0 Å². The van der Waals surface area contributed by atoms with Gasteiger partial charge in [-0.3, -0.25) is 9.59 Å².